The number of hydrogen-bond acceptors (Lipinski definition) is 13. The zero-order valence-corrected chi connectivity index (χ0v) is 30.5. The molecule has 1 fully saturated rings. The molecule has 17 heteroatoms. The standard InChI is InChI=1S/C31H53N6O10P/c1-11-43-28(39)21(13-17(3)4)35-48(42,36-22(14-18(5)6)29(40)44-12-2)45-15-23-25(38)31(10,41)30(47-23)37-16-32-24-26(37)33-20(9)34-27(24)46-19(7)8/h16-19,21-23,25,30,38,41H,11-15H2,1-10H3,(H2,35,36,42)/t21-,22+,23-,25?,30-,31+,48?/m1/s1. The molecule has 0 radical (unpaired) electrons. The first-order chi connectivity index (χ1) is 22.4. The number of aromatic nitrogens is 4. The summed E-state index contributed by atoms with van der Waals surface area (Å²) in [6, 6.07) is -2.11. The Bertz CT molecular complexity index is 1400. The van der Waals surface area contributed by atoms with Crippen molar-refractivity contribution in [1.29, 1.82) is 0 Å². The molecule has 3 heterocycles. The van der Waals surface area contributed by atoms with Crippen LogP contribution in [0.3, 0.4) is 0 Å². The van der Waals surface area contributed by atoms with Crippen molar-refractivity contribution in [3.63, 3.8) is 0 Å². The molecular weight excluding hydrogens is 647 g/mol. The highest BCUT2D eigenvalue weighted by molar-refractivity contribution is 7.54. The van der Waals surface area contributed by atoms with E-state index in [1.165, 1.54) is 17.8 Å². The van der Waals surface area contributed by atoms with Crippen LogP contribution in [0, 0.1) is 18.8 Å². The summed E-state index contributed by atoms with van der Waals surface area (Å²) < 4.78 is 44.4. The molecule has 2 unspecified atom stereocenters. The number of hydrogen-bond donors (Lipinski definition) is 4. The monoisotopic (exact) mass is 700 g/mol. The van der Waals surface area contributed by atoms with Gasteiger partial charge in [0.25, 0.3) is 0 Å². The Morgan fingerprint density at radius 1 is 1.02 bits per heavy atom. The molecule has 7 atom stereocenters. The fourth-order valence-electron chi connectivity index (χ4n) is 5.38. The molecule has 1 saturated heterocycles. The van der Waals surface area contributed by atoms with Crippen LogP contribution in [0.5, 0.6) is 5.88 Å². The summed E-state index contributed by atoms with van der Waals surface area (Å²) >= 11 is 0. The number of fused-ring (bicyclic) bond motifs is 1. The highest BCUT2D eigenvalue weighted by atomic mass is 31.2. The maximum atomic E-state index is 14.6. The first-order valence-corrected chi connectivity index (χ1v) is 18.1. The van der Waals surface area contributed by atoms with Crippen molar-refractivity contribution in [3.8, 4) is 5.88 Å². The number of aliphatic hydroxyl groups is 2. The third-order valence-corrected chi connectivity index (χ3v) is 9.30. The smallest absolute Gasteiger partial charge is 0.342 e. The van der Waals surface area contributed by atoms with Gasteiger partial charge in [-0.1, -0.05) is 27.7 Å². The van der Waals surface area contributed by atoms with E-state index in [9.17, 15) is 24.4 Å². The molecule has 0 bridgehead atoms. The van der Waals surface area contributed by atoms with Crippen LogP contribution in [0.15, 0.2) is 6.33 Å². The number of imidazole rings is 1. The predicted molar refractivity (Wildman–Crippen MR) is 176 cm³/mol. The number of aryl methyl sites for hydroxylation is 1. The van der Waals surface area contributed by atoms with Gasteiger partial charge in [0.05, 0.1) is 32.3 Å². The third-order valence-electron chi connectivity index (χ3n) is 7.48. The molecule has 272 valence electrons. The molecule has 0 spiro atoms. The minimum Gasteiger partial charge on any atom is -0.473 e. The van der Waals surface area contributed by atoms with Gasteiger partial charge in [-0.15, -0.1) is 0 Å². The van der Waals surface area contributed by atoms with Crippen LogP contribution in [-0.4, -0.2) is 97.5 Å². The van der Waals surface area contributed by atoms with Crippen LogP contribution in [0.1, 0.15) is 87.2 Å². The zero-order chi connectivity index (χ0) is 36.0. The number of rotatable bonds is 18. The van der Waals surface area contributed by atoms with Gasteiger partial charge in [-0.25, -0.2) is 20.1 Å². The van der Waals surface area contributed by atoms with E-state index in [-0.39, 0.29) is 49.9 Å². The maximum Gasteiger partial charge on any atom is 0.342 e. The minimum absolute atomic E-state index is 0.00313. The van der Waals surface area contributed by atoms with Gasteiger partial charge in [-0.3, -0.25) is 18.7 Å². The number of nitrogens with one attached hydrogen (secondary N) is 2. The Hall–Kier alpha value is -2.72. The summed E-state index contributed by atoms with van der Waals surface area (Å²) in [5.74, 6) is -0.630. The molecule has 0 aliphatic carbocycles. The second kappa shape index (κ2) is 16.8. The number of carbonyl (C=O) groups excluding carboxylic acids is 2. The lowest BCUT2D eigenvalue weighted by Gasteiger charge is -2.30. The topological polar surface area (TPSA) is 205 Å². The number of aliphatic hydroxyl groups excluding tert-OH is 1. The van der Waals surface area contributed by atoms with Gasteiger partial charge >= 0.3 is 19.6 Å². The Balaban J connectivity index is 1.95. The van der Waals surface area contributed by atoms with Gasteiger partial charge in [0, 0.05) is 0 Å². The molecular formula is C31H53N6O10P. The normalized spacial score (nSPS) is 23.9. The Morgan fingerprint density at radius 2 is 1.56 bits per heavy atom. The largest absolute Gasteiger partial charge is 0.473 e. The van der Waals surface area contributed by atoms with Crippen molar-refractivity contribution in [3.05, 3.63) is 12.2 Å². The van der Waals surface area contributed by atoms with E-state index in [0.29, 0.717) is 17.0 Å². The van der Waals surface area contributed by atoms with Gasteiger partial charge in [0.15, 0.2) is 17.4 Å². The van der Waals surface area contributed by atoms with Crippen LogP contribution in [0.25, 0.3) is 11.2 Å². The van der Waals surface area contributed by atoms with E-state index >= 15 is 0 Å². The summed E-state index contributed by atoms with van der Waals surface area (Å²) in [5, 5.41) is 28.4. The first kappa shape index (κ1) is 39.7. The lowest BCUT2D eigenvalue weighted by atomic mass is 9.96. The number of nitrogens with zero attached hydrogens (tertiary/aromatic N) is 4. The lowest BCUT2D eigenvalue weighted by molar-refractivity contribution is -0.146. The second-order valence-electron chi connectivity index (χ2n) is 13.2. The fraction of sp³-hybridized carbons (Fsp3) is 0.774. The van der Waals surface area contributed by atoms with Crippen molar-refractivity contribution in [1.82, 2.24) is 29.7 Å². The van der Waals surface area contributed by atoms with Gasteiger partial charge in [0.1, 0.15) is 35.7 Å². The van der Waals surface area contributed by atoms with Gasteiger partial charge < -0.3 is 33.7 Å². The van der Waals surface area contributed by atoms with E-state index in [1.807, 2.05) is 41.5 Å². The molecule has 1 aliphatic heterocycles. The molecule has 2 aromatic rings. The van der Waals surface area contributed by atoms with E-state index in [1.54, 1.807) is 20.8 Å². The molecule has 1 aliphatic rings. The molecule has 0 aromatic carbocycles. The van der Waals surface area contributed by atoms with Crippen molar-refractivity contribution in [2.45, 2.75) is 124 Å². The minimum atomic E-state index is -4.30. The fourth-order valence-corrected chi connectivity index (χ4v) is 7.20. The van der Waals surface area contributed by atoms with Crippen LogP contribution in [-0.2, 0) is 32.9 Å². The second-order valence-corrected chi connectivity index (χ2v) is 15.1. The van der Waals surface area contributed by atoms with Crippen molar-refractivity contribution >= 4 is 30.8 Å². The van der Waals surface area contributed by atoms with Crippen LogP contribution in [0.2, 0.25) is 0 Å². The highest BCUT2D eigenvalue weighted by Crippen LogP contribution is 2.45. The summed E-state index contributed by atoms with van der Waals surface area (Å²) in [6.45, 7) is 17.4. The third kappa shape index (κ3) is 9.93. The average molecular weight is 701 g/mol. The van der Waals surface area contributed by atoms with Gasteiger partial charge in [-0.05, 0) is 66.2 Å². The van der Waals surface area contributed by atoms with Crippen LogP contribution in [0.4, 0.5) is 0 Å². The van der Waals surface area contributed by atoms with Gasteiger partial charge in [0.2, 0.25) is 5.88 Å². The quantitative estimate of drug-likeness (QED) is 0.130. The number of ether oxygens (including phenoxy) is 4. The first-order valence-electron chi connectivity index (χ1n) is 16.5. The molecule has 0 amide bonds. The number of esters is 2. The Labute approximate surface area is 282 Å². The highest BCUT2D eigenvalue weighted by Gasteiger charge is 2.54. The summed E-state index contributed by atoms with van der Waals surface area (Å²) in [6.07, 6.45) is -2.23. The molecule has 2 aromatic heterocycles. The average Bonchev–Trinajstić information content (AvgIpc) is 3.48. The van der Waals surface area contributed by atoms with E-state index < -0.39 is 62.3 Å². The SMILES string of the molecule is CCOC(=O)[C@H](CC(C)C)NP(=O)(N[C@H](CC(C)C)C(=O)OCC)OC[C@H]1O[C@@H](n2cnc3c(OC(C)C)nc(C)nc32)[C@@](C)(O)C1O. The van der Waals surface area contributed by atoms with Gasteiger partial charge in [-0.2, -0.15) is 4.98 Å². The van der Waals surface area contributed by atoms with Crippen molar-refractivity contribution in [2.75, 3.05) is 19.8 Å². The van der Waals surface area contributed by atoms with E-state index in [2.05, 4.69) is 25.1 Å². The Morgan fingerprint density at radius 3 is 2.04 bits per heavy atom. The van der Waals surface area contributed by atoms with Crippen molar-refractivity contribution in [2.24, 2.45) is 11.8 Å². The molecule has 4 N–H and O–H groups in total. The summed E-state index contributed by atoms with van der Waals surface area (Å²) in [5.41, 5.74) is -1.24. The number of carbonyl (C=O) groups is 2. The lowest BCUT2D eigenvalue weighted by Crippen LogP contribution is -2.47. The van der Waals surface area contributed by atoms with E-state index in [4.69, 9.17) is 23.5 Å². The zero-order valence-electron chi connectivity index (χ0n) is 29.6. The summed E-state index contributed by atoms with van der Waals surface area (Å²) in [4.78, 5) is 39.1. The van der Waals surface area contributed by atoms with Crippen LogP contribution >= 0.6 is 7.67 Å². The maximum absolute atomic E-state index is 14.6. The molecule has 16 nitrogen and oxygen atoms in total. The van der Waals surface area contributed by atoms with Crippen LogP contribution < -0.4 is 14.9 Å². The molecule has 48 heavy (non-hydrogen) atoms. The predicted octanol–water partition coefficient (Wildman–Crippen LogP) is 3.19. The molecule has 0 saturated carbocycles. The summed E-state index contributed by atoms with van der Waals surface area (Å²) in [7, 11) is -4.30. The Kier molecular flexibility index (Phi) is 13.9. The molecule has 3 rings (SSSR count). The van der Waals surface area contributed by atoms with E-state index in [0.717, 1.165) is 0 Å². The van der Waals surface area contributed by atoms with Crippen molar-refractivity contribution < 1.29 is 47.8 Å².